The smallest absolute Gasteiger partial charge is 0.229 e. The highest BCUT2D eigenvalue weighted by Gasteiger charge is 2.07. The number of nitrogens with one attached hydrogen (secondary N) is 3. The van der Waals surface area contributed by atoms with Crippen molar-refractivity contribution in [1.29, 1.82) is 0 Å². The van der Waals surface area contributed by atoms with Gasteiger partial charge in [-0.2, -0.15) is 0 Å². The molecular formula is C18H19ClN4O3S2. The van der Waals surface area contributed by atoms with Crippen LogP contribution in [0.4, 0.5) is 22.2 Å². The molecule has 10 heteroatoms. The van der Waals surface area contributed by atoms with Crippen LogP contribution in [0.1, 0.15) is 6.92 Å². The Balaban J connectivity index is 0.00000280. The minimum absolute atomic E-state index is 0. The highest BCUT2D eigenvalue weighted by atomic mass is 35.5. The number of amides is 1. The van der Waals surface area contributed by atoms with E-state index in [1.54, 1.807) is 12.1 Å². The van der Waals surface area contributed by atoms with E-state index in [0.29, 0.717) is 16.5 Å². The molecule has 3 aromatic rings. The van der Waals surface area contributed by atoms with Gasteiger partial charge in [0.25, 0.3) is 0 Å². The van der Waals surface area contributed by atoms with Crippen LogP contribution in [0.2, 0.25) is 0 Å². The molecule has 28 heavy (non-hydrogen) atoms. The fourth-order valence-electron chi connectivity index (χ4n) is 2.39. The first kappa shape index (κ1) is 21.7. The predicted octanol–water partition coefficient (Wildman–Crippen LogP) is 4.31. The second-order valence-corrected chi connectivity index (χ2v) is 8.48. The summed E-state index contributed by atoms with van der Waals surface area (Å²) >= 11 is 1.45. The third-order valence-corrected chi connectivity index (χ3v) is 4.79. The van der Waals surface area contributed by atoms with Gasteiger partial charge in [-0.3, -0.25) is 9.52 Å². The molecule has 0 saturated carbocycles. The van der Waals surface area contributed by atoms with E-state index in [0.717, 1.165) is 23.2 Å². The van der Waals surface area contributed by atoms with Gasteiger partial charge in [0.05, 0.1) is 11.9 Å². The molecule has 0 spiro atoms. The lowest BCUT2D eigenvalue weighted by Gasteiger charge is -2.06. The van der Waals surface area contributed by atoms with Crippen molar-refractivity contribution >= 4 is 61.9 Å². The summed E-state index contributed by atoms with van der Waals surface area (Å²) < 4.78 is 25.0. The SMILES string of the molecule is CC(=O)Nc1cccc(Nc2nc(-c3ccc(NS(C)(=O)=O)cc3)cs2)c1.Cl. The van der Waals surface area contributed by atoms with Gasteiger partial charge in [0.15, 0.2) is 5.13 Å². The van der Waals surface area contributed by atoms with E-state index in [-0.39, 0.29) is 18.3 Å². The minimum atomic E-state index is -3.30. The number of thiazole rings is 1. The van der Waals surface area contributed by atoms with Crippen molar-refractivity contribution in [3.05, 3.63) is 53.9 Å². The van der Waals surface area contributed by atoms with Gasteiger partial charge in [-0.1, -0.05) is 18.2 Å². The van der Waals surface area contributed by atoms with Crippen molar-refractivity contribution in [1.82, 2.24) is 4.98 Å². The Kier molecular flexibility index (Phi) is 7.00. The quantitative estimate of drug-likeness (QED) is 0.532. The van der Waals surface area contributed by atoms with Gasteiger partial charge in [0.2, 0.25) is 15.9 Å². The maximum atomic E-state index is 11.3. The van der Waals surface area contributed by atoms with Gasteiger partial charge >= 0.3 is 0 Å². The molecule has 0 radical (unpaired) electrons. The zero-order chi connectivity index (χ0) is 19.4. The molecule has 1 heterocycles. The summed E-state index contributed by atoms with van der Waals surface area (Å²) in [5, 5.41) is 8.58. The van der Waals surface area contributed by atoms with Gasteiger partial charge < -0.3 is 10.6 Å². The summed E-state index contributed by atoms with van der Waals surface area (Å²) in [6, 6.07) is 14.4. The average molecular weight is 439 g/mol. The number of hydrogen-bond donors (Lipinski definition) is 3. The summed E-state index contributed by atoms with van der Waals surface area (Å²) in [6.07, 6.45) is 1.11. The molecule has 1 aromatic heterocycles. The number of nitrogens with zero attached hydrogens (tertiary/aromatic N) is 1. The molecule has 0 aliphatic carbocycles. The Bertz CT molecular complexity index is 1070. The monoisotopic (exact) mass is 438 g/mol. The van der Waals surface area contributed by atoms with Crippen LogP contribution in [0.15, 0.2) is 53.9 Å². The van der Waals surface area contributed by atoms with E-state index in [2.05, 4.69) is 20.3 Å². The molecule has 1 amide bonds. The Hall–Kier alpha value is -2.62. The molecule has 0 bridgehead atoms. The number of rotatable bonds is 6. The number of halogens is 1. The van der Waals surface area contributed by atoms with Crippen molar-refractivity contribution in [2.24, 2.45) is 0 Å². The van der Waals surface area contributed by atoms with E-state index in [4.69, 9.17) is 0 Å². The molecule has 7 nitrogen and oxygen atoms in total. The zero-order valence-electron chi connectivity index (χ0n) is 15.1. The molecule has 148 valence electrons. The maximum Gasteiger partial charge on any atom is 0.229 e. The first-order chi connectivity index (χ1) is 12.8. The van der Waals surface area contributed by atoms with Crippen LogP contribution in [0.5, 0.6) is 0 Å². The lowest BCUT2D eigenvalue weighted by atomic mass is 10.1. The number of anilines is 4. The summed E-state index contributed by atoms with van der Waals surface area (Å²) in [4.78, 5) is 15.7. The fraction of sp³-hybridized carbons (Fsp3) is 0.111. The number of hydrogen-bond acceptors (Lipinski definition) is 6. The predicted molar refractivity (Wildman–Crippen MR) is 117 cm³/mol. The van der Waals surface area contributed by atoms with Crippen molar-refractivity contribution in [3.8, 4) is 11.3 Å². The molecule has 0 unspecified atom stereocenters. The van der Waals surface area contributed by atoms with E-state index < -0.39 is 10.0 Å². The van der Waals surface area contributed by atoms with Gasteiger partial charge in [0, 0.05) is 34.9 Å². The summed E-state index contributed by atoms with van der Waals surface area (Å²) in [7, 11) is -3.30. The van der Waals surface area contributed by atoms with Gasteiger partial charge in [-0.25, -0.2) is 13.4 Å². The maximum absolute atomic E-state index is 11.3. The van der Waals surface area contributed by atoms with E-state index in [1.165, 1.54) is 18.3 Å². The standard InChI is InChI=1S/C18H18N4O3S2.ClH/c1-12(23)19-15-4-3-5-16(10-15)20-18-21-17(11-26-18)13-6-8-14(9-7-13)22-27(2,24)25;/h3-11,22H,1-2H3,(H,19,23)(H,20,21);1H. The lowest BCUT2D eigenvalue weighted by Crippen LogP contribution is -2.09. The molecule has 0 atom stereocenters. The molecule has 0 saturated heterocycles. The number of benzene rings is 2. The van der Waals surface area contributed by atoms with Crippen molar-refractivity contribution < 1.29 is 13.2 Å². The summed E-state index contributed by atoms with van der Waals surface area (Å²) in [5.74, 6) is -0.127. The van der Waals surface area contributed by atoms with Crippen LogP contribution in [0, 0.1) is 0 Å². The second kappa shape index (κ2) is 9.05. The summed E-state index contributed by atoms with van der Waals surface area (Å²) in [6.45, 7) is 1.46. The largest absolute Gasteiger partial charge is 0.331 e. The molecule has 2 aromatic carbocycles. The topological polar surface area (TPSA) is 100 Å². The highest BCUT2D eigenvalue weighted by molar-refractivity contribution is 7.92. The number of carbonyl (C=O) groups is 1. The molecule has 3 N–H and O–H groups in total. The molecular weight excluding hydrogens is 420 g/mol. The molecule has 0 aliphatic rings. The second-order valence-electron chi connectivity index (χ2n) is 5.88. The van der Waals surface area contributed by atoms with Gasteiger partial charge in [-0.05, 0) is 30.3 Å². The minimum Gasteiger partial charge on any atom is -0.331 e. The number of aromatic nitrogens is 1. The fourth-order valence-corrected chi connectivity index (χ4v) is 3.69. The van der Waals surface area contributed by atoms with Crippen LogP contribution in [0.3, 0.4) is 0 Å². The molecule has 0 fully saturated rings. The summed E-state index contributed by atoms with van der Waals surface area (Å²) in [5.41, 5.74) is 3.69. The first-order valence-corrected chi connectivity index (χ1v) is 10.7. The number of sulfonamides is 1. The van der Waals surface area contributed by atoms with E-state index in [9.17, 15) is 13.2 Å². The Labute approximate surface area is 173 Å². The van der Waals surface area contributed by atoms with Crippen LogP contribution in [-0.4, -0.2) is 25.6 Å². The van der Waals surface area contributed by atoms with Crippen LogP contribution < -0.4 is 15.4 Å². The average Bonchev–Trinajstić information content (AvgIpc) is 3.02. The van der Waals surface area contributed by atoms with Crippen molar-refractivity contribution in [2.75, 3.05) is 21.6 Å². The van der Waals surface area contributed by atoms with Crippen molar-refractivity contribution in [2.45, 2.75) is 6.92 Å². The Morgan fingerprint density at radius 1 is 1.04 bits per heavy atom. The van der Waals surface area contributed by atoms with Gasteiger partial charge in [-0.15, -0.1) is 23.7 Å². The van der Waals surface area contributed by atoms with Gasteiger partial charge in [0.1, 0.15) is 0 Å². The van der Waals surface area contributed by atoms with Crippen molar-refractivity contribution in [3.63, 3.8) is 0 Å². The third-order valence-electron chi connectivity index (χ3n) is 3.42. The third kappa shape index (κ3) is 6.22. The normalized spacial score (nSPS) is 10.6. The van der Waals surface area contributed by atoms with E-state index >= 15 is 0 Å². The zero-order valence-corrected chi connectivity index (χ0v) is 17.5. The van der Waals surface area contributed by atoms with E-state index in [1.807, 2.05) is 41.8 Å². The van der Waals surface area contributed by atoms with Crippen LogP contribution >= 0.6 is 23.7 Å². The highest BCUT2D eigenvalue weighted by Crippen LogP contribution is 2.28. The molecule has 0 aliphatic heterocycles. The number of carbonyl (C=O) groups excluding carboxylic acids is 1. The molecule has 3 rings (SSSR count). The lowest BCUT2D eigenvalue weighted by molar-refractivity contribution is -0.114. The first-order valence-electron chi connectivity index (χ1n) is 7.97. The Morgan fingerprint density at radius 2 is 1.71 bits per heavy atom. The Morgan fingerprint density at radius 3 is 2.36 bits per heavy atom. The van der Waals surface area contributed by atoms with Crippen LogP contribution in [0.25, 0.3) is 11.3 Å². The van der Waals surface area contributed by atoms with Crippen LogP contribution in [-0.2, 0) is 14.8 Å².